The third-order valence-corrected chi connectivity index (χ3v) is 4.09. The lowest BCUT2D eigenvalue weighted by Crippen LogP contribution is -2.38. The quantitative estimate of drug-likeness (QED) is 0.902. The highest BCUT2D eigenvalue weighted by Crippen LogP contribution is 2.24. The predicted octanol–water partition coefficient (Wildman–Crippen LogP) is 2.02. The Balaban J connectivity index is 1.60. The van der Waals surface area contributed by atoms with Gasteiger partial charge in [-0.3, -0.25) is 9.78 Å². The van der Waals surface area contributed by atoms with E-state index in [-0.39, 0.29) is 24.2 Å². The second-order valence-electron chi connectivity index (χ2n) is 5.65. The maximum absolute atomic E-state index is 12.2. The molecule has 0 aromatic carbocycles. The molecule has 2 heterocycles. The zero-order valence-corrected chi connectivity index (χ0v) is 12.2. The molecule has 1 saturated carbocycles. The summed E-state index contributed by atoms with van der Waals surface area (Å²) in [6.07, 6.45) is 8.36. The Bertz CT molecular complexity index is 619. The lowest BCUT2D eigenvalue weighted by atomic mass is 9.86. The molecule has 3 rings (SSSR count). The van der Waals surface area contributed by atoms with Crippen molar-refractivity contribution in [2.45, 2.75) is 31.7 Å². The van der Waals surface area contributed by atoms with Crippen LogP contribution in [0.4, 0.5) is 0 Å². The molecular formula is C16H19N3O3. The average Bonchev–Trinajstić information content (AvgIpc) is 3.06. The molecule has 2 aromatic heterocycles. The number of aromatic nitrogens is 2. The van der Waals surface area contributed by atoms with Gasteiger partial charge >= 0.3 is 0 Å². The summed E-state index contributed by atoms with van der Waals surface area (Å²) in [5.74, 6) is 0.547. The molecule has 1 aliphatic carbocycles. The Morgan fingerprint density at radius 3 is 2.86 bits per heavy atom. The van der Waals surface area contributed by atoms with Crippen molar-refractivity contribution in [1.29, 1.82) is 0 Å². The standard InChI is InChI=1S/C16H19N3O3/c20-9-11-3-5-13(6-4-11)18-15(21)14-10-22-16(19-14)12-2-1-7-17-8-12/h1-2,7-8,10-11,13,20H,3-6,9H2,(H,18,21). The first-order chi connectivity index (χ1) is 10.8. The number of nitrogens with zero attached hydrogens (tertiary/aromatic N) is 2. The summed E-state index contributed by atoms with van der Waals surface area (Å²) in [4.78, 5) is 20.4. The molecule has 0 radical (unpaired) electrons. The largest absolute Gasteiger partial charge is 0.444 e. The minimum Gasteiger partial charge on any atom is -0.444 e. The van der Waals surface area contributed by atoms with Crippen molar-refractivity contribution in [3.05, 3.63) is 36.5 Å². The van der Waals surface area contributed by atoms with Crippen molar-refractivity contribution in [3.8, 4) is 11.5 Å². The number of aliphatic hydroxyl groups is 1. The molecule has 2 aromatic rings. The second kappa shape index (κ2) is 6.70. The van der Waals surface area contributed by atoms with Crippen LogP contribution in [0.2, 0.25) is 0 Å². The van der Waals surface area contributed by atoms with Gasteiger partial charge in [0.15, 0.2) is 5.69 Å². The minimum absolute atomic E-state index is 0.147. The number of nitrogens with one attached hydrogen (secondary N) is 1. The van der Waals surface area contributed by atoms with Gasteiger partial charge in [-0.2, -0.15) is 0 Å². The van der Waals surface area contributed by atoms with Crippen LogP contribution in [0, 0.1) is 5.92 Å². The van der Waals surface area contributed by atoms with Crippen molar-refractivity contribution in [1.82, 2.24) is 15.3 Å². The number of amides is 1. The van der Waals surface area contributed by atoms with E-state index in [0.29, 0.717) is 11.8 Å². The van der Waals surface area contributed by atoms with E-state index in [1.807, 2.05) is 6.07 Å². The number of aliphatic hydroxyl groups excluding tert-OH is 1. The summed E-state index contributed by atoms with van der Waals surface area (Å²) in [7, 11) is 0. The topological polar surface area (TPSA) is 88.2 Å². The van der Waals surface area contributed by atoms with Gasteiger partial charge in [0.05, 0.1) is 5.56 Å². The Morgan fingerprint density at radius 2 is 2.18 bits per heavy atom. The molecule has 2 N–H and O–H groups in total. The maximum Gasteiger partial charge on any atom is 0.273 e. The number of oxazole rings is 1. The zero-order valence-electron chi connectivity index (χ0n) is 12.2. The lowest BCUT2D eigenvalue weighted by Gasteiger charge is -2.27. The number of hydrogen-bond acceptors (Lipinski definition) is 5. The van der Waals surface area contributed by atoms with E-state index in [2.05, 4.69) is 15.3 Å². The van der Waals surface area contributed by atoms with Gasteiger partial charge in [0.2, 0.25) is 5.89 Å². The molecule has 1 amide bonds. The van der Waals surface area contributed by atoms with Crippen LogP contribution in [-0.2, 0) is 0 Å². The van der Waals surface area contributed by atoms with Crippen molar-refractivity contribution in [2.75, 3.05) is 6.61 Å². The van der Waals surface area contributed by atoms with Crippen LogP contribution in [-0.4, -0.2) is 33.6 Å². The average molecular weight is 301 g/mol. The predicted molar refractivity (Wildman–Crippen MR) is 80.0 cm³/mol. The molecule has 0 aliphatic heterocycles. The van der Waals surface area contributed by atoms with E-state index < -0.39 is 0 Å². The van der Waals surface area contributed by atoms with Crippen LogP contribution in [0.15, 0.2) is 35.2 Å². The van der Waals surface area contributed by atoms with Gasteiger partial charge < -0.3 is 14.8 Å². The summed E-state index contributed by atoms with van der Waals surface area (Å²) in [5, 5.41) is 12.1. The van der Waals surface area contributed by atoms with Gasteiger partial charge in [0.1, 0.15) is 6.26 Å². The van der Waals surface area contributed by atoms with Gasteiger partial charge in [-0.05, 0) is 43.7 Å². The molecule has 6 heteroatoms. The molecule has 0 unspecified atom stereocenters. The molecular weight excluding hydrogens is 282 g/mol. The molecule has 0 spiro atoms. The molecule has 22 heavy (non-hydrogen) atoms. The molecule has 116 valence electrons. The molecule has 0 saturated heterocycles. The normalized spacial score (nSPS) is 21.5. The van der Waals surface area contributed by atoms with E-state index in [1.54, 1.807) is 18.5 Å². The van der Waals surface area contributed by atoms with Crippen molar-refractivity contribution >= 4 is 5.91 Å². The van der Waals surface area contributed by atoms with E-state index in [9.17, 15) is 4.79 Å². The Morgan fingerprint density at radius 1 is 1.36 bits per heavy atom. The molecule has 0 atom stereocenters. The first kappa shape index (κ1) is 14.7. The Kier molecular flexibility index (Phi) is 4.48. The molecule has 0 bridgehead atoms. The van der Waals surface area contributed by atoms with Gasteiger partial charge in [-0.15, -0.1) is 0 Å². The SMILES string of the molecule is O=C(NC1CCC(CO)CC1)c1coc(-c2cccnc2)n1. The van der Waals surface area contributed by atoms with E-state index in [4.69, 9.17) is 9.52 Å². The summed E-state index contributed by atoms with van der Waals surface area (Å²) < 4.78 is 5.35. The summed E-state index contributed by atoms with van der Waals surface area (Å²) in [5.41, 5.74) is 1.02. The van der Waals surface area contributed by atoms with E-state index in [1.165, 1.54) is 6.26 Å². The van der Waals surface area contributed by atoms with Crippen LogP contribution in [0.25, 0.3) is 11.5 Å². The van der Waals surface area contributed by atoms with Crippen LogP contribution >= 0.6 is 0 Å². The van der Waals surface area contributed by atoms with Gasteiger partial charge in [-0.1, -0.05) is 0 Å². The van der Waals surface area contributed by atoms with E-state index in [0.717, 1.165) is 31.2 Å². The Labute approximate surface area is 128 Å². The summed E-state index contributed by atoms with van der Waals surface area (Å²) in [6.45, 7) is 0.235. The van der Waals surface area contributed by atoms with Crippen LogP contribution in [0.3, 0.4) is 0 Å². The number of carbonyl (C=O) groups excluding carboxylic acids is 1. The van der Waals surface area contributed by atoms with Crippen molar-refractivity contribution < 1.29 is 14.3 Å². The lowest BCUT2D eigenvalue weighted by molar-refractivity contribution is 0.0909. The fourth-order valence-corrected chi connectivity index (χ4v) is 2.75. The van der Waals surface area contributed by atoms with Gasteiger partial charge in [0.25, 0.3) is 5.91 Å². The van der Waals surface area contributed by atoms with E-state index >= 15 is 0 Å². The van der Waals surface area contributed by atoms with Crippen LogP contribution in [0.1, 0.15) is 36.2 Å². The molecule has 6 nitrogen and oxygen atoms in total. The highest BCUT2D eigenvalue weighted by molar-refractivity contribution is 5.92. The Hall–Kier alpha value is -2.21. The highest BCUT2D eigenvalue weighted by atomic mass is 16.3. The smallest absolute Gasteiger partial charge is 0.273 e. The minimum atomic E-state index is -0.216. The van der Waals surface area contributed by atoms with Crippen LogP contribution in [0.5, 0.6) is 0 Å². The van der Waals surface area contributed by atoms with Crippen molar-refractivity contribution in [2.24, 2.45) is 5.92 Å². The van der Waals surface area contributed by atoms with Gasteiger partial charge in [-0.25, -0.2) is 4.98 Å². The number of rotatable bonds is 4. The molecule has 1 fully saturated rings. The van der Waals surface area contributed by atoms with Crippen LogP contribution < -0.4 is 5.32 Å². The third kappa shape index (κ3) is 3.33. The fraction of sp³-hybridized carbons (Fsp3) is 0.438. The number of carbonyl (C=O) groups is 1. The molecule has 1 aliphatic rings. The number of pyridine rings is 1. The maximum atomic E-state index is 12.2. The zero-order chi connectivity index (χ0) is 15.4. The van der Waals surface area contributed by atoms with Gasteiger partial charge in [0, 0.05) is 25.0 Å². The summed E-state index contributed by atoms with van der Waals surface area (Å²) >= 11 is 0. The number of hydrogen-bond donors (Lipinski definition) is 2. The monoisotopic (exact) mass is 301 g/mol. The first-order valence-electron chi connectivity index (χ1n) is 7.54. The van der Waals surface area contributed by atoms with Crippen molar-refractivity contribution in [3.63, 3.8) is 0 Å². The summed E-state index contributed by atoms with van der Waals surface area (Å²) in [6, 6.07) is 3.77. The highest BCUT2D eigenvalue weighted by Gasteiger charge is 2.23. The fourth-order valence-electron chi connectivity index (χ4n) is 2.75. The first-order valence-corrected chi connectivity index (χ1v) is 7.54. The third-order valence-electron chi connectivity index (χ3n) is 4.09. The second-order valence-corrected chi connectivity index (χ2v) is 5.65.